The van der Waals surface area contributed by atoms with Gasteiger partial charge in [-0.1, -0.05) is 0 Å². The minimum absolute atomic E-state index is 0.119. The Morgan fingerprint density at radius 3 is 2.83 bits per heavy atom. The number of carboxylic acids is 1. The Kier molecular flexibility index (Phi) is 2.86. The summed E-state index contributed by atoms with van der Waals surface area (Å²) >= 11 is 0. The molecule has 0 atom stereocenters. The minimum Gasteiger partial charge on any atom is -0.478 e. The Morgan fingerprint density at radius 2 is 2.22 bits per heavy atom. The molecule has 0 bridgehead atoms. The van der Waals surface area contributed by atoms with Gasteiger partial charge in [-0.3, -0.25) is 4.57 Å². The van der Waals surface area contributed by atoms with Crippen LogP contribution < -0.4 is 0 Å². The zero-order chi connectivity index (χ0) is 13.3. The normalized spacial score (nSPS) is 10.1. The highest BCUT2D eigenvalue weighted by Gasteiger charge is 2.18. The maximum absolute atomic E-state index is 11.3. The zero-order valence-electron chi connectivity index (χ0n) is 10.0. The van der Waals surface area contributed by atoms with Gasteiger partial charge < -0.3 is 5.11 Å². The number of carboxylic acid groups (broad SMARTS) is 1. The lowest BCUT2D eigenvalue weighted by Gasteiger charge is -2.11. The fourth-order valence-corrected chi connectivity index (χ4v) is 1.91. The van der Waals surface area contributed by atoms with Crippen LogP contribution in [-0.4, -0.2) is 20.6 Å². The number of rotatable bonds is 2. The van der Waals surface area contributed by atoms with E-state index in [0.717, 1.165) is 0 Å². The van der Waals surface area contributed by atoms with Crippen LogP contribution in [0.5, 0.6) is 0 Å². The minimum atomic E-state index is -1.05. The van der Waals surface area contributed by atoms with Crippen LogP contribution in [0.2, 0.25) is 0 Å². The first-order chi connectivity index (χ1) is 8.54. The van der Waals surface area contributed by atoms with E-state index in [4.69, 9.17) is 5.26 Å². The summed E-state index contributed by atoms with van der Waals surface area (Å²) in [6.45, 7) is 3.51. The molecule has 2 aromatic heterocycles. The summed E-state index contributed by atoms with van der Waals surface area (Å²) < 4.78 is 1.49. The van der Waals surface area contributed by atoms with Crippen molar-refractivity contribution >= 4 is 5.97 Å². The molecule has 18 heavy (non-hydrogen) atoms. The van der Waals surface area contributed by atoms with Crippen molar-refractivity contribution < 1.29 is 9.90 Å². The molecule has 0 spiro atoms. The molecule has 0 amide bonds. The third-order valence-corrected chi connectivity index (χ3v) is 2.63. The molecule has 0 aliphatic heterocycles. The molecule has 5 heteroatoms. The van der Waals surface area contributed by atoms with Crippen LogP contribution in [0.4, 0.5) is 0 Å². The number of hydrogen-bond donors (Lipinski definition) is 1. The fraction of sp³-hybridized carbons (Fsp3) is 0.154. The Balaban J connectivity index is 2.79. The van der Waals surface area contributed by atoms with E-state index in [0.29, 0.717) is 17.0 Å². The van der Waals surface area contributed by atoms with Gasteiger partial charge in [0.25, 0.3) is 0 Å². The molecular weight excluding hydrogens is 230 g/mol. The van der Waals surface area contributed by atoms with Gasteiger partial charge in [-0.15, -0.1) is 0 Å². The summed E-state index contributed by atoms with van der Waals surface area (Å²) in [7, 11) is 0. The molecule has 0 saturated carbocycles. The van der Waals surface area contributed by atoms with E-state index in [2.05, 4.69) is 4.98 Å². The van der Waals surface area contributed by atoms with E-state index in [1.807, 2.05) is 6.07 Å². The second-order valence-corrected chi connectivity index (χ2v) is 3.96. The molecular formula is C13H11N3O2. The number of aromatic nitrogens is 2. The van der Waals surface area contributed by atoms with Crippen LogP contribution in [-0.2, 0) is 0 Å². The number of nitriles is 1. The Morgan fingerprint density at radius 1 is 1.50 bits per heavy atom. The van der Waals surface area contributed by atoms with E-state index in [-0.39, 0.29) is 11.4 Å². The average Bonchev–Trinajstić information content (AvgIpc) is 2.74. The smallest absolute Gasteiger partial charge is 0.339 e. The van der Waals surface area contributed by atoms with Crippen LogP contribution in [0.25, 0.3) is 5.82 Å². The van der Waals surface area contributed by atoms with Crippen LogP contribution in [0, 0.1) is 25.2 Å². The quantitative estimate of drug-likeness (QED) is 0.872. The van der Waals surface area contributed by atoms with Crippen molar-refractivity contribution in [1.82, 2.24) is 9.55 Å². The van der Waals surface area contributed by atoms with Crippen molar-refractivity contribution in [2.24, 2.45) is 0 Å². The largest absolute Gasteiger partial charge is 0.478 e. The summed E-state index contributed by atoms with van der Waals surface area (Å²) in [6, 6.07) is 7.02. The molecule has 90 valence electrons. The van der Waals surface area contributed by atoms with E-state index in [9.17, 15) is 9.90 Å². The second kappa shape index (κ2) is 4.34. The molecule has 1 N–H and O–H groups in total. The molecule has 2 rings (SSSR count). The lowest BCUT2D eigenvalue weighted by atomic mass is 10.1. The highest BCUT2D eigenvalue weighted by molar-refractivity contribution is 5.93. The highest BCUT2D eigenvalue weighted by atomic mass is 16.4. The predicted molar refractivity (Wildman–Crippen MR) is 64.7 cm³/mol. The third-order valence-electron chi connectivity index (χ3n) is 2.63. The van der Waals surface area contributed by atoms with Crippen LogP contribution in [0.15, 0.2) is 24.4 Å². The van der Waals surface area contributed by atoms with Crippen molar-refractivity contribution in [3.63, 3.8) is 0 Å². The maximum Gasteiger partial charge on any atom is 0.339 e. The van der Waals surface area contributed by atoms with Crippen LogP contribution >= 0.6 is 0 Å². The first-order valence-corrected chi connectivity index (χ1v) is 5.34. The summed E-state index contributed by atoms with van der Waals surface area (Å²) in [5, 5.41) is 18.3. The molecule has 2 heterocycles. The van der Waals surface area contributed by atoms with Gasteiger partial charge in [0.05, 0.1) is 0 Å². The molecule has 0 aromatic carbocycles. The molecule has 5 nitrogen and oxygen atoms in total. The van der Waals surface area contributed by atoms with Crippen LogP contribution in [0.3, 0.4) is 0 Å². The zero-order valence-corrected chi connectivity index (χ0v) is 10.0. The van der Waals surface area contributed by atoms with Gasteiger partial charge >= 0.3 is 5.97 Å². The Labute approximate surface area is 104 Å². The summed E-state index contributed by atoms with van der Waals surface area (Å²) in [5.74, 6) is -0.769. The number of aromatic carboxylic acids is 1. The molecule has 0 unspecified atom stereocenters. The van der Waals surface area contributed by atoms with E-state index >= 15 is 0 Å². The van der Waals surface area contributed by atoms with Crippen molar-refractivity contribution in [3.8, 4) is 11.9 Å². The van der Waals surface area contributed by atoms with Gasteiger partial charge in [-0.2, -0.15) is 5.26 Å². The maximum atomic E-state index is 11.3. The Hall–Kier alpha value is -2.61. The number of hydrogen-bond acceptors (Lipinski definition) is 3. The number of aryl methyl sites for hydroxylation is 2. The van der Waals surface area contributed by atoms with Crippen LogP contribution in [0.1, 0.15) is 27.3 Å². The first kappa shape index (κ1) is 11.9. The topological polar surface area (TPSA) is 78.9 Å². The standard InChI is InChI=1S/C13H11N3O2/c1-8-6-9(2)15-12(11(8)13(17)18)16-5-3-4-10(16)7-14/h3-6H,1-2H3,(H,17,18). The molecule has 0 radical (unpaired) electrons. The van der Waals surface area contributed by atoms with Gasteiger partial charge in [0.1, 0.15) is 17.3 Å². The molecule has 2 aromatic rings. The van der Waals surface area contributed by atoms with Crippen molar-refractivity contribution in [2.75, 3.05) is 0 Å². The van der Waals surface area contributed by atoms with Crippen molar-refractivity contribution in [3.05, 3.63) is 46.9 Å². The molecule has 0 fully saturated rings. The lowest BCUT2D eigenvalue weighted by molar-refractivity contribution is 0.0695. The first-order valence-electron chi connectivity index (χ1n) is 5.34. The van der Waals surface area contributed by atoms with E-state index in [1.54, 1.807) is 38.2 Å². The SMILES string of the molecule is Cc1cc(C)c(C(=O)O)c(-n2cccc2C#N)n1. The van der Waals surface area contributed by atoms with Gasteiger partial charge in [0.15, 0.2) is 5.82 Å². The second-order valence-electron chi connectivity index (χ2n) is 3.96. The molecule has 0 saturated heterocycles. The summed E-state index contributed by atoms with van der Waals surface area (Å²) in [6.07, 6.45) is 1.63. The van der Waals surface area contributed by atoms with Gasteiger partial charge in [0.2, 0.25) is 0 Å². The Bertz CT molecular complexity index is 665. The number of nitrogens with zero attached hydrogens (tertiary/aromatic N) is 3. The summed E-state index contributed by atoms with van der Waals surface area (Å²) in [5.41, 5.74) is 1.82. The van der Waals surface area contributed by atoms with E-state index < -0.39 is 5.97 Å². The average molecular weight is 241 g/mol. The van der Waals surface area contributed by atoms with Gasteiger partial charge in [-0.25, -0.2) is 9.78 Å². The number of carbonyl (C=O) groups is 1. The monoisotopic (exact) mass is 241 g/mol. The molecule has 0 aliphatic carbocycles. The van der Waals surface area contributed by atoms with Crippen molar-refractivity contribution in [2.45, 2.75) is 13.8 Å². The predicted octanol–water partition coefficient (Wildman–Crippen LogP) is 2.06. The third kappa shape index (κ3) is 1.84. The lowest BCUT2D eigenvalue weighted by Crippen LogP contribution is -2.11. The summed E-state index contributed by atoms with van der Waals surface area (Å²) in [4.78, 5) is 15.5. The van der Waals surface area contributed by atoms with Gasteiger partial charge in [-0.05, 0) is 37.6 Å². The highest BCUT2D eigenvalue weighted by Crippen LogP contribution is 2.19. The van der Waals surface area contributed by atoms with Gasteiger partial charge in [0, 0.05) is 11.9 Å². The number of pyridine rings is 1. The fourth-order valence-electron chi connectivity index (χ4n) is 1.91. The van der Waals surface area contributed by atoms with Crippen molar-refractivity contribution in [1.29, 1.82) is 5.26 Å². The molecule has 0 aliphatic rings. The van der Waals surface area contributed by atoms with E-state index in [1.165, 1.54) is 4.57 Å².